The van der Waals surface area contributed by atoms with E-state index in [1.807, 2.05) is 72.8 Å². The van der Waals surface area contributed by atoms with Crippen molar-refractivity contribution in [2.75, 3.05) is 13.7 Å². The molecule has 0 heterocycles. The van der Waals surface area contributed by atoms with Crippen molar-refractivity contribution in [3.8, 4) is 22.6 Å². The second kappa shape index (κ2) is 14.0. The van der Waals surface area contributed by atoms with Crippen molar-refractivity contribution in [2.45, 2.75) is 38.8 Å². The maximum absolute atomic E-state index is 13.0. The summed E-state index contributed by atoms with van der Waals surface area (Å²) in [5, 5.41) is 9.64. The van der Waals surface area contributed by atoms with Gasteiger partial charge in [0.25, 0.3) is 5.91 Å². The van der Waals surface area contributed by atoms with Crippen LogP contribution in [0.15, 0.2) is 103 Å². The van der Waals surface area contributed by atoms with Gasteiger partial charge in [0.2, 0.25) is 0 Å². The fraction of sp³-hybridized carbons (Fsp3) is 0.235. The van der Waals surface area contributed by atoms with Gasteiger partial charge in [0.1, 0.15) is 11.5 Å². The number of ether oxygens (including phenoxy) is 2. The van der Waals surface area contributed by atoms with E-state index in [-0.39, 0.29) is 12.3 Å². The number of carboxylic acids is 1. The molecule has 4 aromatic rings. The van der Waals surface area contributed by atoms with E-state index in [2.05, 4.69) is 13.0 Å². The smallest absolute Gasteiger partial charge is 0.345 e. The summed E-state index contributed by atoms with van der Waals surface area (Å²) in [5.74, 6) is 0.241. The number of para-hydroxylation sites is 1. The molecule has 206 valence electrons. The van der Waals surface area contributed by atoms with Gasteiger partial charge in [-0.1, -0.05) is 74.0 Å². The molecule has 40 heavy (non-hydrogen) atoms. The van der Waals surface area contributed by atoms with Crippen molar-refractivity contribution in [2.24, 2.45) is 0 Å². The van der Waals surface area contributed by atoms with Gasteiger partial charge in [0.15, 0.2) is 6.10 Å². The summed E-state index contributed by atoms with van der Waals surface area (Å²) in [6.07, 6.45) is 1.35. The third-order valence-corrected chi connectivity index (χ3v) is 6.57. The molecule has 1 N–H and O–H groups in total. The molecule has 0 saturated carbocycles. The van der Waals surface area contributed by atoms with Gasteiger partial charge >= 0.3 is 5.97 Å². The molecule has 6 nitrogen and oxygen atoms in total. The maximum atomic E-state index is 13.0. The van der Waals surface area contributed by atoms with Crippen molar-refractivity contribution in [1.82, 2.24) is 4.90 Å². The van der Waals surface area contributed by atoms with Gasteiger partial charge in [-0.15, -0.1) is 0 Å². The Morgan fingerprint density at radius 2 is 1.52 bits per heavy atom. The van der Waals surface area contributed by atoms with Crippen molar-refractivity contribution in [3.63, 3.8) is 0 Å². The fourth-order valence-electron chi connectivity index (χ4n) is 4.33. The van der Waals surface area contributed by atoms with Gasteiger partial charge in [0.05, 0.1) is 6.61 Å². The lowest BCUT2D eigenvalue weighted by atomic mass is 9.99. The van der Waals surface area contributed by atoms with Crippen LogP contribution < -0.4 is 9.47 Å². The molecule has 0 radical (unpaired) electrons. The predicted molar refractivity (Wildman–Crippen MR) is 157 cm³/mol. The van der Waals surface area contributed by atoms with E-state index < -0.39 is 12.1 Å². The monoisotopic (exact) mass is 537 g/mol. The van der Waals surface area contributed by atoms with Crippen molar-refractivity contribution < 1.29 is 24.2 Å². The Bertz CT molecular complexity index is 1380. The lowest BCUT2D eigenvalue weighted by molar-refractivity contribution is -0.145. The summed E-state index contributed by atoms with van der Waals surface area (Å²) in [5.41, 5.74) is 4.53. The average Bonchev–Trinajstić information content (AvgIpc) is 2.98. The summed E-state index contributed by atoms with van der Waals surface area (Å²) in [6.45, 7) is 3.26. The SMILES string of the molecule is CCCCOc1ccc(C(=O)N(C)Cc2cccc(-c3ccc(CC(Oc4ccccc4)C(=O)O)cc3)c2)cc1. The highest BCUT2D eigenvalue weighted by Crippen LogP contribution is 2.23. The summed E-state index contributed by atoms with van der Waals surface area (Å²) in [6, 6.07) is 32.2. The Hall–Kier alpha value is -4.58. The number of carbonyl (C=O) groups excluding carboxylic acids is 1. The lowest BCUT2D eigenvalue weighted by Crippen LogP contribution is -2.29. The number of amides is 1. The van der Waals surface area contributed by atoms with E-state index in [1.165, 1.54) is 0 Å². The second-order valence-electron chi connectivity index (χ2n) is 9.75. The van der Waals surface area contributed by atoms with Gasteiger partial charge in [-0.05, 0) is 71.1 Å². The summed E-state index contributed by atoms with van der Waals surface area (Å²) >= 11 is 0. The van der Waals surface area contributed by atoms with Crippen LogP contribution in [-0.2, 0) is 17.8 Å². The Balaban J connectivity index is 1.37. The molecule has 1 unspecified atom stereocenters. The van der Waals surface area contributed by atoms with Crippen molar-refractivity contribution in [1.29, 1.82) is 0 Å². The zero-order chi connectivity index (χ0) is 28.3. The number of unbranched alkanes of at least 4 members (excludes halogenated alkanes) is 1. The van der Waals surface area contributed by atoms with E-state index >= 15 is 0 Å². The normalized spacial score (nSPS) is 11.4. The summed E-state index contributed by atoms with van der Waals surface area (Å²) in [4.78, 5) is 26.5. The van der Waals surface area contributed by atoms with Crippen molar-refractivity contribution >= 4 is 11.9 Å². The Morgan fingerprint density at radius 1 is 0.800 bits per heavy atom. The number of aliphatic carboxylic acids is 1. The van der Waals surface area contributed by atoms with Crippen LogP contribution in [0.1, 0.15) is 41.3 Å². The molecule has 0 aliphatic heterocycles. The highest BCUT2D eigenvalue weighted by Gasteiger charge is 2.20. The number of nitrogens with zero attached hydrogens (tertiary/aromatic N) is 1. The number of benzene rings is 4. The molecular formula is C34H35NO5. The van der Waals surface area contributed by atoms with Gasteiger partial charge in [-0.2, -0.15) is 0 Å². The minimum atomic E-state index is -1.00. The van der Waals surface area contributed by atoms with E-state index in [9.17, 15) is 14.7 Å². The molecular weight excluding hydrogens is 502 g/mol. The van der Waals surface area contributed by atoms with Gasteiger partial charge in [-0.3, -0.25) is 4.79 Å². The minimum absolute atomic E-state index is 0.0550. The molecule has 0 aliphatic rings. The van der Waals surface area contributed by atoms with E-state index in [0.29, 0.717) is 24.5 Å². The highest BCUT2D eigenvalue weighted by molar-refractivity contribution is 5.94. The summed E-state index contributed by atoms with van der Waals surface area (Å²) in [7, 11) is 1.80. The fourth-order valence-corrected chi connectivity index (χ4v) is 4.33. The minimum Gasteiger partial charge on any atom is -0.494 e. The van der Waals surface area contributed by atoms with Crippen LogP contribution in [0.5, 0.6) is 11.5 Å². The summed E-state index contributed by atoms with van der Waals surface area (Å²) < 4.78 is 11.4. The van der Waals surface area contributed by atoms with Crippen LogP contribution in [0.3, 0.4) is 0 Å². The Morgan fingerprint density at radius 3 is 2.20 bits per heavy atom. The Labute approximate surface area is 235 Å². The van der Waals surface area contributed by atoms with Crippen LogP contribution in [0, 0.1) is 0 Å². The molecule has 4 aromatic carbocycles. The molecule has 1 atom stereocenters. The standard InChI is InChI=1S/C34H35NO5/c1-3-4-21-39-30-19-17-28(18-20-30)33(36)35(2)24-26-9-8-10-29(22-26)27-15-13-25(14-16-27)23-32(34(37)38)40-31-11-6-5-7-12-31/h5-20,22,32H,3-4,21,23-24H2,1-2H3,(H,37,38). The molecule has 0 bridgehead atoms. The molecule has 0 spiro atoms. The maximum Gasteiger partial charge on any atom is 0.345 e. The topological polar surface area (TPSA) is 76.1 Å². The third kappa shape index (κ3) is 7.96. The quantitative estimate of drug-likeness (QED) is 0.188. The molecule has 6 heteroatoms. The van der Waals surface area contributed by atoms with Gasteiger partial charge in [-0.25, -0.2) is 4.79 Å². The largest absolute Gasteiger partial charge is 0.494 e. The third-order valence-electron chi connectivity index (χ3n) is 6.57. The average molecular weight is 538 g/mol. The number of hydrogen-bond donors (Lipinski definition) is 1. The van der Waals surface area contributed by atoms with Crippen LogP contribution in [0.4, 0.5) is 0 Å². The number of carbonyl (C=O) groups is 2. The first-order chi connectivity index (χ1) is 19.4. The van der Waals surface area contributed by atoms with Crippen LogP contribution in [0.25, 0.3) is 11.1 Å². The zero-order valence-electron chi connectivity index (χ0n) is 23.0. The van der Waals surface area contributed by atoms with Crippen LogP contribution in [-0.4, -0.2) is 41.6 Å². The second-order valence-corrected chi connectivity index (χ2v) is 9.75. The highest BCUT2D eigenvalue weighted by atomic mass is 16.5. The lowest BCUT2D eigenvalue weighted by Gasteiger charge is -2.18. The molecule has 0 aromatic heterocycles. The molecule has 0 fully saturated rings. The van der Waals surface area contributed by atoms with Gasteiger partial charge < -0.3 is 19.5 Å². The number of carboxylic acid groups (broad SMARTS) is 1. The first-order valence-corrected chi connectivity index (χ1v) is 13.5. The zero-order valence-corrected chi connectivity index (χ0v) is 23.0. The molecule has 0 saturated heterocycles. The first kappa shape index (κ1) is 28.4. The first-order valence-electron chi connectivity index (χ1n) is 13.5. The molecule has 4 rings (SSSR count). The van der Waals surface area contributed by atoms with E-state index in [4.69, 9.17) is 9.47 Å². The molecule has 1 amide bonds. The van der Waals surface area contributed by atoms with Crippen LogP contribution >= 0.6 is 0 Å². The van der Waals surface area contributed by atoms with E-state index in [0.717, 1.165) is 40.8 Å². The number of rotatable bonds is 13. The predicted octanol–water partition coefficient (Wildman–Crippen LogP) is 6.88. The molecule has 0 aliphatic carbocycles. The van der Waals surface area contributed by atoms with Gasteiger partial charge in [0, 0.05) is 25.6 Å². The van der Waals surface area contributed by atoms with Crippen LogP contribution in [0.2, 0.25) is 0 Å². The van der Waals surface area contributed by atoms with Crippen molar-refractivity contribution in [3.05, 3.63) is 120 Å². The van der Waals surface area contributed by atoms with E-state index in [1.54, 1.807) is 36.2 Å². The Kier molecular flexibility index (Phi) is 9.94. The number of hydrogen-bond acceptors (Lipinski definition) is 4.